The molecule has 0 spiro atoms. The molecule has 3 nitrogen and oxygen atoms in total. The van der Waals surface area contributed by atoms with Crippen molar-refractivity contribution < 1.29 is 4.79 Å². The monoisotopic (exact) mass is 230 g/mol. The van der Waals surface area contributed by atoms with Crippen LogP contribution in [0.4, 0.5) is 0 Å². The second kappa shape index (κ2) is 6.18. The molecule has 2 rings (SSSR count). The molecule has 0 unspecified atom stereocenters. The van der Waals surface area contributed by atoms with Crippen LogP contribution in [0.5, 0.6) is 0 Å². The van der Waals surface area contributed by atoms with Crippen LogP contribution in [0.25, 0.3) is 0 Å². The maximum atomic E-state index is 11.7. The molecule has 0 aliphatic heterocycles. The number of hydrogen-bond donors (Lipinski definition) is 1. The third-order valence-corrected chi connectivity index (χ3v) is 3.06. The Morgan fingerprint density at radius 2 is 2.12 bits per heavy atom. The summed E-state index contributed by atoms with van der Waals surface area (Å²) in [5, 5.41) is 2.94. The van der Waals surface area contributed by atoms with E-state index in [0.29, 0.717) is 5.56 Å². The molecule has 1 aliphatic rings. The maximum Gasteiger partial charge on any atom is 0.251 e. The van der Waals surface area contributed by atoms with Crippen molar-refractivity contribution in [2.75, 3.05) is 6.54 Å². The van der Waals surface area contributed by atoms with Crippen LogP contribution in [-0.4, -0.2) is 17.4 Å². The number of pyridine rings is 1. The Labute approximate surface area is 102 Å². The molecule has 90 valence electrons. The normalized spacial score (nSPS) is 15.2. The van der Waals surface area contributed by atoms with Gasteiger partial charge in [0.2, 0.25) is 0 Å². The van der Waals surface area contributed by atoms with Crippen molar-refractivity contribution in [3.63, 3.8) is 0 Å². The van der Waals surface area contributed by atoms with Gasteiger partial charge in [-0.3, -0.25) is 9.78 Å². The summed E-state index contributed by atoms with van der Waals surface area (Å²) in [7, 11) is 0. The van der Waals surface area contributed by atoms with E-state index in [9.17, 15) is 4.79 Å². The van der Waals surface area contributed by atoms with Gasteiger partial charge in [0, 0.05) is 24.5 Å². The van der Waals surface area contributed by atoms with Crippen molar-refractivity contribution in [2.24, 2.45) is 0 Å². The summed E-state index contributed by atoms with van der Waals surface area (Å²) >= 11 is 0. The third kappa shape index (κ3) is 3.70. The minimum absolute atomic E-state index is 0.0104. The summed E-state index contributed by atoms with van der Waals surface area (Å²) in [6.45, 7) is 0.729. The zero-order valence-corrected chi connectivity index (χ0v) is 9.98. The Balaban J connectivity index is 1.75. The highest BCUT2D eigenvalue weighted by Crippen LogP contribution is 2.19. The fourth-order valence-electron chi connectivity index (χ4n) is 2.07. The lowest BCUT2D eigenvalue weighted by Gasteiger charge is -2.12. The number of allylic oxidation sites excluding steroid dienone is 1. The minimum Gasteiger partial charge on any atom is -0.352 e. The van der Waals surface area contributed by atoms with Crippen LogP contribution >= 0.6 is 0 Å². The molecule has 3 heteroatoms. The van der Waals surface area contributed by atoms with Gasteiger partial charge in [0.1, 0.15) is 0 Å². The first-order chi connectivity index (χ1) is 8.36. The van der Waals surface area contributed by atoms with E-state index in [1.165, 1.54) is 31.3 Å². The summed E-state index contributed by atoms with van der Waals surface area (Å²) < 4.78 is 0. The summed E-state index contributed by atoms with van der Waals surface area (Å²) in [6.07, 6.45) is 11.6. The zero-order chi connectivity index (χ0) is 11.9. The van der Waals surface area contributed by atoms with E-state index in [1.54, 1.807) is 24.5 Å². The van der Waals surface area contributed by atoms with Crippen LogP contribution in [0, 0.1) is 0 Å². The predicted molar refractivity (Wildman–Crippen MR) is 67.7 cm³/mol. The largest absolute Gasteiger partial charge is 0.352 e. The van der Waals surface area contributed by atoms with E-state index >= 15 is 0 Å². The molecule has 1 N–H and O–H groups in total. The van der Waals surface area contributed by atoms with Gasteiger partial charge in [0.25, 0.3) is 5.91 Å². The average Bonchev–Trinajstić information content (AvgIpc) is 2.41. The first-order valence-electron chi connectivity index (χ1n) is 6.22. The lowest BCUT2D eigenvalue weighted by atomic mass is 9.97. The van der Waals surface area contributed by atoms with E-state index in [0.717, 1.165) is 13.0 Å². The van der Waals surface area contributed by atoms with Crippen molar-refractivity contribution in [3.8, 4) is 0 Å². The molecule has 1 aliphatic carbocycles. The second-order valence-corrected chi connectivity index (χ2v) is 4.35. The van der Waals surface area contributed by atoms with Crippen molar-refractivity contribution in [2.45, 2.75) is 32.1 Å². The maximum absolute atomic E-state index is 11.7. The first-order valence-corrected chi connectivity index (χ1v) is 6.22. The van der Waals surface area contributed by atoms with E-state index in [1.807, 2.05) is 0 Å². The van der Waals surface area contributed by atoms with Gasteiger partial charge in [-0.25, -0.2) is 0 Å². The van der Waals surface area contributed by atoms with Gasteiger partial charge in [-0.15, -0.1) is 0 Å². The van der Waals surface area contributed by atoms with Gasteiger partial charge < -0.3 is 5.32 Å². The molecule has 1 amide bonds. The Morgan fingerprint density at radius 3 is 2.82 bits per heavy atom. The molecular weight excluding hydrogens is 212 g/mol. The number of carbonyl (C=O) groups is 1. The molecule has 17 heavy (non-hydrogen) atoms. The third-order valence-electron chi connectivity index (χ3n) is 3.06. The summed E-state index contributed by atoms with van der Waals surface area (Å²) in [6, 6.07) is 3.46. The van der Waals surface area contributed by atoms with Crippen LogP contribution < -0.4 is 5.32 Å². The molecule has 0 fully saturated rings. The fourth-order valence-corrected chi connectivity index (χ4v) is 2.07. The van der Waals surface area contributed by atoms with E-state index in [2.05, 4.69) is 16.4 Å². The zero-order valence-electron chi connectivity index (χ0n) is 9.98. The number of nitrogens with one attached hydrogen (secondary N) is 1. The molecule has 0 aromatic carbocycles. The van der Waals surface area contributed by atoms with Gasteiger partial charge in [-0.05, 0) is 44.2 Å². The van der Waals surface area contributed by atoms with E-state index in [-0.39, 0.29) is 5.91 Å². The average molecular weight is 230 g/mol. The van der Waals surface area contributed by atoms with E-state index in [4.69, 9.17) is 0 Å². The summed E-state index contributed by atoms with van der Waals surface area (Å²) in [5.41, 5.74) is 2.17. The quantitative estimate of drug-likeness (QED) is 0.808. The number of amides is 1. The molecule has 1 aromatic rings. The van der Waals surface area contributed by atoms with E-state index < -0.39 is 0 Å². The Hall–Kier alpha value is -1.64. The molecule has 1 aromatic heterocycles. The smallest absolute Gasteiger partial charge is 0.251 e. The number of hydrogen-bond acceptors (Lipinski definition) is 2. The summed E-state index contributed by atoms with van der Waals surface area (Å²) in [5.74, 6) is -0.0104. The Kier molecular flexibility index (Phi) is 4.30. The van der Waals surface area contributed by atoms with Crippen molar-refractivity contribution >= 4 is 5.91 Å². The van der Waals surface area contributed by atoms with Crippen LogP contribution in [0.15, 0.2) is 36.2 Å². The number of nitrogens with zero attached hydrogens (tertiary/aromatic N) is 1. The number of rotatable bonds is 4. The highest BCUT2D eigenvalue weighted by Gasteiger charge is 2.06. The lowest BCUT2D eigenvalue weighted by molar-refractivity contribution is 0.0954. The molecule has 0 bridgehead atoms. The van der Waals surface area contributed by atoms with Gasteiger partial charge in [0.15, 0.2) is 0 Å². The Morgan fingerprint density at radius 1 is 1.29 bits per heavy atom. The molecule has 0 radical (unpaired) electrons. The second-order valence-electron chi connectivity index (χ2n) is 4.35. The predicted octanol–water partition coefficient (Wildman–Crippen LogP) is 2.70. The van der Waals surface area contributed by atoms with Crippen LogP contribution in [-0.2, 0) is 0 Å². The van der Waals surface area contributed by atoms with Crippen molar-refractivity contribution in [1.82, 2.24) is 10.3 Å². The topological polar surface area (TPSA) is 42.0 Å². The SMILES string of the molecule is O=C(NCCC1=CCCCC1)c1ccncc1. The van der Waals surface area contributed by atoms with Crippen LogP contribution in [0.2, 0.25) is 0 Å². The van der Waals surface area contributed by atoms with Gasteiger partial charge >= 0.3 is 0 Å². The molecule has 1 heterocycles. The molecule has 0 saturated heterocycles. The van der Waals surface area contributed by atoms with Crippen molar-refractivity contribution in [3.05, 3.63) is 41.7 Å². The standard InChI is InChI=1S/C14H18N2O/c17-14(13-7-9-15-10-8-13)16-11-6-12-4-2-1-3-5-12/h4,7-10H,1-3,5-6,11H2,(H,16,17). The van der Waals surface area contributed by atoms with Crippen molar-refractivity contribution in [1.29, 1.82) is 0 Å². The van der Waals surface area contributed by atoms with Crippen LogP contribution in [0.1, 0.15) is 42.5 Å². The Bertz CT molecular complexity index is 398. The summed E-state index contributed by atoms with van der Waals surface area (Å²) in [4.78, 5) is 15.6. The van der Waals surface area contributed by atoms with Crippen LogP contribution in [0.3, 0.4) is 0 Å². The highest BCUT2D eigenvalue weighted by atomic mass is 16.1. The number of aromatic nitrogens is 1. The first kappa shape index (κ1) is 11.8. The minimum atomic E-state index is -0.0104. The van der Waals surface area contributed by atoms with Gasteiger partial charge in [0.05, 0.1) is 0 Å². The van der Waals surface area contributed by atoms with Gasteiger partial charge in [-0.1, -0.05) is 11.6 Å². The molecular formula is C14H18N2O. The highest BCUT2D eigenvalue weighted by molar-refractivity contribution is 5.93. The van der Waals surface area contributed by atoms with Gasteiger partial charge in [-0.2, -0.15) is 0 Å². The number of carbonyl (C=O) groups excluding carboxylic acids is 1. The molecule has 0 saturated carbocycles. The molecule has 0 atom stereocenters. The fraction of sp³-hybridized carbons (Fsp3) is 0.429. The lowest BCUT2D eigenvalue weighted by Crippen LogP contribution is -2.24.